The van der Waals surface area contributed by atoms with Crippen LogP contribution < -0.4 is 5.56 Å². The second-order valence-corrected chi connectivity index (χ2v) is 5.97. The quantitative estimate of drug-likeness (QED) is 0.687. The fourth-order valence-corrected chi connectivity index (χ4v) is 3.12. The Bertz CT molecular complexity index is 807. The predicted octanol–water partition coefficient (Wildman–Crippen LogP) is 4.42. The Labute approximate surface area is 123 Å². The van der Waals surface area contributed by atoms with Gasteiger partial charge in [-0.05, 0) is 41.3 Å². The Hall–Kier alpha value is -1.29. The third-order valence-corrected chi connectivity index (χ3v) is 4.43. The minimum absolute atomic E-state index is 0.00482. The number of halogens is 2. The number of fused-ring (bicyclic) bond motifs is 1. The fourth-order valence-electron chi connectivity index (χ4n) is 1.98. The van der Waals surface area contributed by atoms with Crippen molar-refractivity contribution in [3.63, 3.8) is 0 Å². The third kappa shape index (κ3) is 2.41. The van der Waals surface area contributed by atoms with E-state index in [9.17, 15) is 4.79 Å². The van der Waals surface area contributed by atoms with E-state index >= 15 is 0 Å². The van der Waals surface area contributed by atoms with Gasteiger partial charge in [0.2, 0.25) is 0 Å². The van der Waals surface area contributed by atoms with Gasteiger partial charge in [-0.3, -0.25) is 4.79 Å². The summed E-state index contributed by atoms with van der Waals surface area (Å²) in [7, 11) is 0. The van der Waals surface area contributed by atoms with Gasteiger partial charge < -0.3 is 4.57 Å². The van der Waals surface area contributed by atoms with Gasteiger partial charge in [0.15, 0.2) is 0 Å². The largest absolute Gasteiger partial charge is 0.310 e. The van der Waals surface area contributed by atoms with Gasteiger partial charge in [-0.2, -0.15) is 0 Å². The second-order valence-electron chi connectivity index (χ2n) is 4.18. The molecular formula is C14H9Cl2NOS. The van der Waals surface area contributed by atoms with E-state index in [-0.39, 0.29) is 5.56 Å². The molecule has 3 aromatic rings. The number of thiophene rings is 1. The number of rotatable bonds is 2. The van der Waals surface area contributed by atoms with Crippen molar-refractivity contribution in [2.75, 3.05) is 0 Å². The van der Waals surface area contributed by atoms with Crippen molar-refractivity contribution in [2.24, 2.45) is 0 Å². The highest BCUT2D eigenvalue weighted by atomic mass is 35.5. The average molecular weight is 310 g/mol. The van der Waals surface area contributed by atoms with E-state index in [1.165, 1.54) is 0 Å². The van der Waals surface area contributed by atoms with Crippen molar-refractivity contribution >= 4 is 44.6 Å². The topological polar surface area (TPSA) is 22.0 Å². The van der Waals surface area contributed by atoms with E-state index in [2.05, 4.69) is 0 Å². The standard InChI is InChI=1S/C14H9Cl2NOS/c15-10-1-2-12(16)9(7-10)8-17-5-3-13-11(14(17)18)4-6-19-13/h1-7H,8H2. The molecule has 1 aromatic carbocycles. The molecule has 19 heavy (non-hydrogen) atoms. The Balaban J connectivity index is 2.08. The molecule has 3 rings (SSSR count). The van der Waals surface area contributed by atoms with Crippen LogP contribution in [-0.2, 0) is 6.54 Å². The molecule has 0 aliphatic carbocycles. The highest BCUT2D eigenvalue weighted by Crippen LogP contribution is 2.22. The van der Waals surface area contributed by atoms with Crippen molar-refractivity contribution in [2.45, 2.75) is 6.54 Å². The van der Waals surface area contributed by atoms with Gasteiger partial charge in [-0.15, -0.1) is 11.3 Å². The highest BCUT2D eigenvalue weighted by Gasteiger charge is 2.07. The Morgan fingerprint density at radius 1 is 1.16 bits per heavy atom. The summed E-state index contributed by atoms with van der Waals surface area (Å²) in [5.74, 6) is 0. The number of aromatic nitrogens is 1. The Morgan fingerprint density at radius 2 is 2.00 bits per heavy atom. The van der Waals surface area contributed by atoms with Crippen LogP contribution in [0.1, 0.15) is 5.56 Å². The van der Waals surface area contributed by atoms with Crippen LogP contribution in [0.3, 0.4) is 0 Å². The summed E-state index contributed by atoms with van der Waals surface area (Å²) >= 11 is 13.6. The first kappa shape index (κ1) is 12.7. The van der Waals surface area contributed by atoms with Crippen LogP contribution in [0, 0.1) is 0 Å². The monoisotopic (exact) mass is 309 g/mol. The summed E-state index contributed by atoms with van der Waals surface area (Å²) in [5, 5.41) is 3.89. The molecule has 0 bridgehead atoms. The van der Waals surface area contributed by atoms with Gasteiger partial charge in [-0.25, -0.2) is 0 Å². The molecule has 5 heteroatoms. The second kappa shape index (κ2) is 5.00. The number of hydrogen-bond donors (Lipinski definition) is 0. The van der Waals surface area contributed by atoms with E-state index < -0.39 is 0 Å². The van der Waals surface area contributed by atoms with Crippen LogP contribution in [0.15, 0.2) is 46.7 Å². The van der Waals surface area contributed by atoms with E-state index in [4.69, 9.17) is 23.2 Å². The van der Waals surface area contributed by atoms with E-state index in [1.807, 2.05) is 17.5 Å². The number of nitrogens with zero attached hydrogens (tertiary/aromatic N) is 1. The Kier molecular flexibility index (Phi) is 3.35. The van der Waals surface area contributed by atoms with Gasteiger partial charge in [0.05, 0.1) is 11.9 Å². The molecule has 2 nitrogen and oxygen atoms in total. The third-order valence-electron chi connectivity index (χ3n) is 2.94. The molecule has 0 spiro atoms. The molecule has 2 aromatic heterocycles. The minimum Gasteiger partial charge on any atom is -0.310 e. The minimum atomic E-state index is -0.00482. The molecule has 0 aliphatic heterocycles. The van der Waals surface area contributed by atoms with Crippen LogP contribution in [-0.4, -0.2) is 4.57 Å². The maximum absolute atomic E-state index is 12.3. The maximum atomic E-state index is 12.3. The lowest BCUT2D eigenvalue weighted by Crippen LogP contribution is -2.19. The van der Waals surface area contributed by atoms with Gasteiger partial charge >= 0.3 is 0 Å². The zero-order valence-electron chi connectivity index (χ0n) is 9.77. The smallest absolute Gasteiger partial charge is 0.259 e. The van der Waals surface area contributed by atoms with Crippen LogP contribution in [0.25, 0.3) is 10.1 Å². The van der Waals surface area contributed by atoms with Crippen LogP contribution in [0.4, 0.5) is 0 Å². The average Bonchev–Trinajstić information content (AvgIpc) is 2.86. The van der Waals surface area contributed by atoms with Gasteiger partial charge in [0, 0.05) is 20.9 Å². The molecule has 0 radical (unpaired) electrons. The van der Waals surface area contributed by atoms with Crippen LogP contribution >= 0.6 is 34.5 Å². The zero-order chi connectivity index (χ0) is 13.4. The van der Waals surface area contributed by atoms with Crippen LogP contribution in [0.2, 0.25) is 10.0 Å². The molecule has 0 saturated carbocycles. The summed E-state index contributed by atoms with van der Waals surface area (Å²) in [6.45, 7) is 0.421. The maximum Gasteiger partial charge on any atom is 0.259 e. The first-order valence-electron chi connectivity index (χ1n) is 5.66. The lowest BCUT2D eigenvalue weighted by Gasteiger charge is -2.08. The molecule has 0 fully saturated rings. The van der Waals surface area contributed by atoms with E-state index in [1.54, 1.807) is 40.3 Å². The lowest BCUT2D eigenvalue weighted by atomic mass is 10.2. The van der Waals surface area contributed by atoms with Crippen LogP contribution in [0.5, 0.6) is 0 Å². The molecule has 0 amide bonds. The molecule has 96 valence electrons. The molecule has 0 N–H and O–H groups in total. The van der Waals surface area contributed by atoms with Gasteiger partial charge in [-0.1, -0.05) is 23.2 Å². The number of hydrogen-bond acceptors (Lipinski definition) is 2. The molecule has 0 atom stereocenters. The molecule has 0 saturated heterocycles. The summed E-state index contributed by atoms with van der Waals surface area (Å²) in [4.78, 5) is 12.3. The summed E-state index contributed by atoms with van der Waals surface area (Å²) in [6.07, 6.45) is 1.79. The number of benzene rings is 1. The summed E-state index contributed by atoms with van der Waals surface area (Å²) < 4.78 is 2.64. The SMILES string of the molecule is O=c1c2ccsc2ccn1Cc1cc(Cl)ccc1Cl. The van der Waals surface area contributed by atoms with Crippen molar-refractivity contribution < 1.29 is 0 Å². The normalized spacial score (nSPS) is 11.1. The van der Waals surface area contributed by atoms with Crippen molar-refractivity contribution in [3.8, 4) is 0 Å². The first-order chi connectivity index (χ1) is 9.15. The van der Waals surface area contributed by atoms with Crippen molar-refractivity contribution in [3.05, 3.63) is 67.9 Å². The van der Waals surface area contributed by atoms with E-state index in [0.29, 0.717) is 16.6 Å². The summed E-state index contributed by atoms with van der Waals surface area (Å²) in [5.41, 5.74) is 0.834. The van der Waals surface area contributed by atoms with Gasteiger partial charge in [0.25, 0.3) is 5.56 Å². The zero-order valence-corrected chi connectivity index (χ0v) is 12.1. The lowest BCUT2D eigenvalue weighted by molar-refractivity contribution is 0.769. The summed E-state index contributed by atoms with van der Waals surface area (Å²) in [6, 6.07) is 9.05. The predicted molar refractivity (Wildman–Crippen MR) is 81.6 cm³/mol. The molecule has 0 unspecified atom stereocenters. The molecule has 2 heterocycles. The van der Waals surface area contributed by atoms with E-state index in [0.717, 1.165) is 15.6 Å². The first-order valence-corrected chi connectivity index (χ1v) is 7.29. The highest BCUT2D eigenvalue weighted by molar-refractivity contribution is 7.17. The van der Waals surface area contributed by atoms with Gasteiger partial charge in [0.1, 0.15) is 0 Å². The molecule has 0 aliphatic rings. The Morgan fingerprint density at radius 3 is 2.84 bits per heavy atom. The number of pyridine rings is 1. The van der Waals surface area contributed by atoms with Crippen molar-refractivity contribution in [1.82, 2.24) is 4.57 Å². The molecular weight excluding hydrogens is 301 g/mol. The van der Waals surface area contributed by atoms with Crippen molar-refractivity contribution in [1.29, 1.82) is 0 Å². The fraction of sp³-hybridized carbons (Fsp3) is 0.0714.